The van der Waals surface area contributed by atoms with Crippen molar-refractivity contribution in [1.29, 1.82) is 0 Å². The minimum atomic E-state index is -0.637. The van der Waals surface area contributed by atoms with Gasteiger partial charge in [0.2, 0.25) is 5.91 Å². The lowest BCUT2D eigenvalue weighted by Crippen LogP contribution is -2.36. The van der Waals surface area contributed by atoms with Crippen molar-refractivity contribution in [2.24, 2.45) is 5.84 Å². The lowest BCUT2D eigenvalue weighted by Gasteiger charge is -2.28. The molecule has 0 fully saturated rings. The molecule has 0 aliphatic rings. The summed E-state index contributed by atoms with van der Waals surface area (Å²) in [6.07, 6.45) is 5.88. The van der Waals surface area contributed by atoms with Crippen LogP contribution < -0.4 is 11.3 Å². The molecule has 5 heteroatoms. The number of ether oxygens (including phenoxy) is 1. The van der Waals surface area contributed by atoms with E-state index in [0.717, 1.165) is 39.4 Å². The lowest BCUT2D eigenvalue weighted by molar-refractivity contribution is -0.156. The van der Waals surface area contributed by atoms with Gasteiger partial charge >= 0.3 is 5.97 Å². The van der Waals surface area contributed by atoms with Crippen LogP contribution in [-0.2, 0) is 14.3 Å². The topological polar surface area (TPSA) is 81.4 Å². The Balaban J connectivity index is 2.22. The average Bonchev–Trinajstić information content (AvgIpc) is 2.85. The van der Waals surface area contributed by atoms with E-state index in [1.807, 2.05) is 95.3 Å². The maximum absolute atomic E-state index is 13.6. The van der Waals surface area contributed by atoms with Crippen LogP contribution >= 0.6 is 0 Å². The highest BCUT2D eigenvalue weighted by molar-refractivity contribution is 5.97. The first-order chi connectivity index (χ1) is 17.2. The zero-order valence-corrected chi connectivity index (χ0v) is 22.0. The number of fused-ring (bicyclic) bond motifs is 1. The summed E-state index contributed by atoms with van der Waals surface area (Å²) >= 11 is 0. The van der Waals surface area contributed by atoms with Crippen LogP contribution in [0.25, 0.3) is 16.8 Å². The van der Waals surface area contributed by atoms with Gasteiger partial charge in [0, 0.05) is 0 Å². The Labute approximate surface area is 214 Å². The van der Waals surface area contributed by atoms with Gasteiger partial charge in [-0.2, -0.15) is 0 Å². The Morgan fingerprint density at radius 3 is 2.25 bits per heavy atom. The quantitative estimate of drug-likeness (QED) is 0.155. The molecule has 0 radical (unpaired) electrons. The Bertz CT molecular complexity index is 1230. The number of allylic oxidation sites excluding steroid dienone is 1. The molecule has 0 heterocycles. The van der Waals surface area contributed by atoms with Gasteiger partial charge in [-0.1, -0.05) is 86.2 Å². The largest absolute Gasteiger partial charge is 0.459 e. The second-order valence-corrected chi connectivity index (χ2v) is 10.2. The third-order valence-electron chi connectivity index (χ3n) is 6.26. The number of esters is 1. The number of nitrogens with two attached hydrogens (primary N) is 1. The van der Waals surface area contributed by atoms with Crippen molar-refractivity contribution in [3.63, 3.8) is 0 Å². The predicted molar refractivity (Wildman–Crippen MR) is 147 cm³/mol. The van der Waals surface area contributed by atoms with E-state index in [1.165, 1.54) is 0 Å². The average molecular weight is 487 g/mol. The SMILES string of the molecule is CCC[C@@H](C(=O)NN)c1c([C@H](C/C=C/c2ccccc2)C(=O)OC(C)(C)C)cc(C)c2ccccc12. The first-order valence-electron chi connectivity index (χ1n) is 12.6. The number of nitrogens with one attached hydrogen (secondary N) is 1. The van der Waals surface area contributed by atoms with E-state index in [-0.39, 0.29) is 11.9 Å². The summed E-state index contributed by atoms with van der Waals surface area (Å²) < 4.78 is 5.89. The second kappa shape index (κ2) is 12.0. The Morgan fingerprint density at radius 1 is 1.00 bits per heavy atom. The van der Waals surface area contributed by atoms with Crippen molar-refractivity contribution in [3.8, 4) is 0 Å². The molecule has 0 aromatic heterocycles. The first kappa shape index (κ1) is 27.2. The molecule has 0 spiro atoms. The molecule has 0 aliphatic heterocycles. The monoisotopic (exact) mass is 486 g/mol. The van der Waals surface area contributed by atoms with Crippen molar-refractivity contribution >= 4 is 28.7 Å². The van der Waals surface area contributed by atoms with Crippen LogP contribution in [0.1, 0.15) is 81.0 Å². The van der Waals surface area contributed by atoms with Gasteiger partial charge in [0.05, 0.1) is 11.8 Å². The number of amides is 1. The number of hydrogen-bond donors (Lipinski definition) is 2. The van der Waals surface area contributed by atoms with E-state index in [9.17, 15) is 9.59 Å². The molecule has 0 saturated heterocycles. The summed E-state index contributed by atoms with van der Waals surface area (Å²) in [6.45, 7) is 9.70. The van der Waals surface area contributed by atoms with Gasteiger partial charge in [0.25, 0.3) is 0 Å². The van der Waals surface area contributed by atoms with Gasteiger partial charge in [-0.3, -0.25) is 15.0 Å². The van der Waals surface area contributed by atoms with Crippen molar-refractivity contribution in [1.82, 2.24) is 5.43 Å². The van der Waals surface area contributed by atoms with Crippen LogP contribution in [0.2, 0.25) is 0 Å². The third-order valence-corrected chi connectivity index (χ3v) is 6.26. The fraction of sp³-hybridized carbons (Fsp3) is 0.355. The molecule has 3 rings (SSSR count). The summed E-state index contributed by atoms with van der Waals surface area (Å²) in [5.41, 5.74) is 5.50. The molecule has 2 atom stereocenters. The number of carbonyl (C=O) groups excluding carboxylic acids is 2. The number of rotatable bonds is 9. The number of hydrogen-bond acceptors (Lipinski definition) is 4. The van der Waals surface area contributed by atoms with E-state index < -0.39 is 17.4 Å². The molecule has 3 N–H and O–H groups in total. The smallest absolute Gasteiger partial charge is 0.314 e. The van der Waals surface area contributed by atoms with Crippen LogP contribution in [0.3, 0.4) is 0 Å². The molecular weight excluding hydrogens is 448 g/mol. The summed E-state index contributed by atoms with van der Waals surface area (Å²) in [6, 6.07) is 20.1. The van der Waals surface area contributed by atoms with Crippen molar-refractivity contribution in [2.75, 3.05) is 0 Å². The molecule has 0 saturated carbocycles. The fourth-order valence-corrected chi connectivity index (χ4v) is 4.71. The van der Waals surface area contributed by atoms with Crippen LogP contribution in [-0.4, -0.2) is 17.5 Å². The Hall–Kier alpha value is -3.44. The normalized spacial score (nSPS) is 13.5. The third kappa shape index (κ3) is 6.61. The molecule has 0 aliphatic carbocycles. The maximum atomic E-state index is 13.6. The Kier molecular flexibility index (Phi) is 9.05. The standard InChI is InChI=1S/C31H38N2O3/c1-6-13-26(29(34)33-32)28-24-18-11-10-17-23(24)21(2)20-27(28)25(30(35)36-31(3,4)5)19-12-16-22-14-8-7-9-15-22/h7-12,14-18,20,25-26H,6,13,19,32H2,1-5H3,(H,33,34)/b16-12+/t25-,26+/m0/s1. The molecule has 36 heavy (non-hydrogen) atoms. The van der Waals surface area contributed by atoms with Crippen molar-refractivity contribution in [2.45, 2.75) is 71.3 Å². The van der Waals surface area contributed by atoms with Gasteiger partial charge < -0.3 is 4.74 Å². The zero-order valence-electron chi connectivity index (χ0n) is 22.0. The van der Waals surface area contributed by atoms with Gasteiger partial charge in [0.15, 0.2) is 0 Å². The minimum Gasteiger partial charge on any atom is -0.459 e. The van der Waals surface area contributed by atoms with E-state index in [2.05, 4.69) is 17.6 Å². The maximum Gasteiger partial charge on any atom is 0.314 e. The predicted octanol–water partition coefficient (Wildman–Crippen LogP) is 6.55. The van der Waals surface area contributed by atoms with Crippen LogP contribution in [0, 0.1) is 6.92 Å². The highest BCUT2D eigenvalue weighted by atomic mass is 16.6. The molecule has 0 unspecified atom stereocenters. The number of benzene rings is 3. The van der Waals surface area contributed by atoms with Gasteiger partial charge in [-0.15, -0.1) is 0 Å². The summed E-state index contributed by atoms with van der Waals surface area (Å²) in [5, 5.41) is 2.03. The molecular formula is C31H38N2O3. The van der Waals surface area contributed by atoms with Gasteiger partial charge in [-0.05, 0) is 73.6 Å². The second-order valence-electron chi connectivity index (χ2n) is 10.2. The van der Waals surface area contributed by atoms with Crippen LogP contribution in [0.4, 0.5) is 0 Å². The number of hydrazine groups is 1. The molecule has 190 valence electrons. The molecule has 5 nitrogen and oxygen atoms in total. The van der Waals surface area contributed by atoms with Gasteiger partial charge in [-0.25, -0.2) is 5.84 Å². The van der Waals surface area contributed by atoms with E-state index in [4.69, 9.17) is 10.6 Å². The molecule has 0 bridgehead atoms. The highest BCUT2D eigenvalue weighted by Crippen LogP contribution is 2.39. The summed E-state index contributed by atoms with van der Waals surface area (Å²) in [4.78, 5) is 26.7. The fourth-order valence-electron chi connectivity index (χ4n) is 4.71. The van der Waals surface area contributed by atoms with Crippen molar-refractivity contribution < 1.29 is 14.3 Å². The van der Waals surface area contributed by atoms with Crippen LogP contribution in [0.15, 0.2) is 66.7 Å². The first-order valence-corrected chi connectivity index (χ1v) is 12.6. The molecule has 3 aromatic carbocycles. The zero-order chi connectivity index (χ0) is 26.3. The molecule has 3 aromatic rings. The van der Waals surface area contributed by atoms with E-state index >= 15 is 0 Å². The Morgan fingerprint density at radius 2 is 1.64 bits per heavy atom. The van der Waals surface area contributed by atoms with Gasteiger partial charge in [0.1, 0.15) is 5.60 Å². The summed E-state index contributed by atoms with van der Waals surface area (Å²) in [7, 11) is 0. The van der Waals surface area contributed by atoms with Crippen molar-refractivity contribution in [3.05, 3.63) is 89.0 Å². The number of aryl methyl sites for hydroxylation is 1. The minimum absolute atomic E-state index is 0.255. The summed E-state index contributed by atoms with van der Waals surface area (Å²) in [5.74, 6) is 4.01. The lowest BCUT2D eigenvalue weighted by atomic mass is 9.79. The van der Waals surface area contributed by atoms with Crippen LogP contribution in [0.5, 0.6) is 0 Å². The van der Waals surface area contributed by atoms with E-state index in [0.29, 0.717) is 12.8 Å². The van der Waals surface area contributed by atoms with E-state index in [1.54, 1.807) is 0 Å². The number of carbonyl (C=O) groups is 2. The molecule has 1 amide bonds. The highest BCUT2D eigenvalue weighted by Gasteiger charge is 2.33.